The predicted molar refractivity (Wildman–Crippen MR) is 95.1 cm³/mol. The van der Waals surface area contributed by atoms with Crippen molar-refractivity contribution in [3.8, 4) is 0 Å². The Labute approximate surface area is 145 Å². The number of aromatic nitrogens is 2. The van der Waals surface area contributed by atoms with Crippen molar-refractivity contribution < 1.29 is 9.53 Å². The first kappa shape index (κ1) is 18.8. The smallest absolute Gasteiger partial charge is 0.315 e. The summed E-state index contributed by atoms with van der Waals surface area (Å²) in [7, 11) is 1.95. The molecule has 1 aliphatic heterocycles. The molecule has 6 heteroatoms. The maximum absolute atomic E-state index is 12.2. The Bertz CT molecular complexity index is 568. The highest BCUT2D eigenvalue weighted by atomic mass is 16.5. The van der Waals surface area contributed by atoms with Crippen LogP contribution >= 0.6 is 0 Å². The first-order valence-electron chi connectivity index (χ1n) is 8.94. The van der Waals surface area contributed by atoms with Crippen molar-refractivity contribution in [2.45, 2.75) is 59.6 Å². The molecule has 2 heterocycles. The standard InChI is InChI=1S/C18H32N4O2/c1-11(2)17-15(7-8-24-17)10-19-18(23)20-12(3)9-16-13(4)21-22(6)14(16)5/h11-12,15,17H,7-10H2,1-6H3,(H2,19,20,23)/t12-,15-,17-/m0/s1. The van der Waals surface area contributed by atoms with Crippen molar-refractivity contribution in [1.82, 2.24) is 20.4 Å². The van der Waals surface area contributed by atoms with Gasteiger partial charge in [0, 0.05) is 37.9 Å². The maximum Gasteiger partial charge on any atom is 0.315 e. The number of hydrogen-bond acceptors (Lipinski definition) is 3. The van der Waals surface area contributed by atoms with Crippen LogP contribution in [-0.4, -0.2) is 41.1 Å². The molecular formula is C18H32N4O2. The summed E-state index contributed by atoms with van der Waals surface area (Å²) in [5, 5.41) is 10.5. The number of nitrogens with one attached hydrogen (secondary N) is 2. The van der Waals surface area contributed by atoms with Gasteiger partial charge < -0.3 is 15.4 Å². The number of urea groups is 1. The molecule has 0 unspecified atom stereocenters. The number of rotatable bonds is 6. The van der Waals surface area contributed by atoms with Crippen molar-refractivity contribution in [2.75, 3.05) is 13.2 Å². The van der Waals surface area contributed by atoms with Crippen LogP contribution in [0.1, 0.15) is 44.1 Å². The van der Waals surface area contributed by atoms with E-state index in [1.807, 2.05) is 25.6 Å². The lowest BCUT2D eigenvalue weighted by Gasteiger charge is -2.23. The van der Waals surface area contributed by atoms with E-state index in [0.717, 1.165) is 30.8 Å². The van der Waals surface area contributed by atoms with Gasteiger partial charge in [-0.25, -0.2) is 4.79 Å². The topological polar surface area (TPSA) is 68.2 Å². The molecule has 0 aromatic carbocycles. The van der Waals surface area contributed by atoms with E-state index >= 15 is 0 Å². The van der Waals surface area contributed by atoms with Crippen molar-refractivity contribution in [3.05, 3.63) is 17.0 Å². The van der Waals surface area contributed by atoms with Gasteiger partial charge in [-0.3, -0.25) is 4.68 Å². The Morgan fingerprint density at radius 2 is 2.08 bits per heavy atom. The number of hydrogen-bond donors (Lipinski definition) is 2. The molecule has 0 spiro atoms. The first-order valence-corrected chi connectivity index (χ1v) is 8.94. The summed E-state index contributed by atoms with van der Waals surface area (Å²) >= 11 is 0. The Kier molecular flexibility index (Phi) is 6.27. The van der Waals surface area contributed by atoms with E-state index in [4.69, 9.17) is 4.74 Å². The summed E-state index contributed by atoms with van der Waals surface area (Å²) in [5.74, 6) is 0.895. The molecule has 1 aliphatic rings. The highest BCUT2D eigenvalue weighted by molar-refractivity contribution is 5.74. The van der Waals surface area contributed by atoms with Crippen molar-refractivity contribution >= 4 is 6.03 Å². The Hall–Kier alpha value is -1.56. The van der Waals surface area contributed by atoms with Crippen LogP contribution in [0.15, 0.2) is 0 Å². The van der Waals surface area contributed by atoms with Gasteiger partial charge in [-0.05, 0) is 45.1 Å². The lowest BCUT2D eigenvalue weighted by molar-refractivity contribution is 0.0545. The number of aryl methyl sites for hydroxylation is 2. The third-order valence-corrected chi connectivity index (χ3v) is 4.99. The van der Waals surface area contributed by atoms with E-state index in [2.05, 4.69) is 36.5 Å². The summed E-state index contributed by atoms with van der Waals surface area (Å²) in [6, 6.07) is -0.0385. The van der Waals surface area contributed by atoms with E-state index in [0.29, 0.717) is 18.4 Å². The van der Waals surface area contributed by atoms with Crippen LogP contribution in [-0.2, 0) is 18.2 Å². The van der Waals surface area contributed by atoms with Gasteiger partial charge in [0.05, 0.1) is 11.8 Å². The third kappa shape index (κ3) is 4.50. The summed E-state index contributed by atoms with van der Waals surface area (Å²) < 4.78 is 7.66. The molecule has 1 saturated heterocycles. The molecule has 1 aromatic heterocycles. The Balaban J connectivity index is 1.79. The first-order chi connectivity index (χ1) is 11.3. The molecule has 0 radical (unpaired) electrons. The van der Waals surface area contributed by atoms with Crippen LogP contribution in [0.25, 0.3) is 0 Å². The van der Waals surface area contributed by atoms with E-state index in [1.165, 1.54) is 5.56 Å². The second-order valence-electron chi connectivity index (χ2n) is 7.36. The van der Waals surface area contributed by atoms with Crippen LogP contribution in [0.5, 0.6) is 0 Å². The van der Waals surface area contributed by atoms with Crippen molar-refractivity contribution in [1.29, 1.82) is 0 Å². The van der Waals surface area contributed by atoms with E-state index in [9.17, 15) is 4.79 Å². The van der Waals surface area contributed by atoms with Crippen LogP contribution in [0.4, 0.5) is 4.79 Å². The second-order valence-corrected chi connectivity index (χ2v) is 7.36. The third-order valence-electron chi connectivity index (χ3n) is 4.99. The molecule has 2 amide bonds. The quantitative estimate of drug-likeness (QED) is 0.838. The van der Waals surface area contributed by atoms with E-state index in [1.54, 1.807) is 0 Å². The fourth-order valence-electron chi connectivity index (χ4n) is 3.58. The number of ether oxygens (including phenoxy) is 1. The predicted octanol–water partition coefficient (Wildman–Crippen LogP) is 2.33. The molecule has 24 heavy (non-hydrogen) atoms. The summed E-state index contributed by atoms with van der Waals surface area (Å²) in [6.45, 7) is 11.9. The van der Waals surface area contributed by atoms with Crippen LogP contribution in [0.2, 0.25) is 0 Å². The van der Waals surface area contributed by atoms with Crippen molar-refractivity contribution in [3.63, 3.8) is 0 Å². The highest BCUT2D eigenvalue weighted by Gasteiger charge is 2.30. The molecule has 1 fully saturated rings. The minimum atomic E-state index is -0.101. The SMILES string of the molecule is Cc1nn(C)c(C)c1C[C@H](C)NC(=O)NC[C@@H]1CCO[C@H]1C(C)C. The molecule has 136 valence electrons. The fourth-order valence-corrected chi connectivity index (χ4v) is 3.58. The zero-order chi connectivity index (χ0) is 17.9. The minimum absolute atomic E-state index is 0.0623. The molecule has 2 rings (SSSR count). The van der Waals surface area contributed by atoms with Gasteiger partial charge in [-0.1, -0.05) is 13.8 Å². The minimum Gasteiger partial charge on any atom is -0.378 e. The molecule has 0 bridgehead atoms. The molecular weight excluding hydrogens is 304 g/mol. The van der Waals surface area contributed by atoms with Gasteiger partial charge in [0.2, 0.25) is 0 Å². The maximum atomic E-state index is 12.2. The number of amides is 2. The van der Waals surface area contributed by atoms with E-state index in [-0.39, 0.29) is 18.2 Å². The zero-order valence-electron chi connectivity index (χ0n) is 15.8. The molecule has 0 saturated carbocycles. The molecule has 1 aromatic rings. The average Bonchev–Trinajstić information content (AvgIpc) is 3.06. The normalized spacial score (nSPS) is 22.0. The van der Waals surface area contributed by atoms with Crippen molar-refractivity contribution in [2.24, 2.45) is 18.9 Å². The van der Waals surface area contributed by atoms with Crippen LogP contribution in [0, 0.1) is 25.7 Å². The van der Waals surface area contributed by atoms with E-state index < -0.39 is 0 Å². The average molecular weight is 336 g/mol. The number of nitrogens with zero attached hydrogens (tertiary/aromatic N) is 2. The summed E-state index contributed by atoms with van der Waals surface area (Å²) in [5.41, 5.74) is 3.41. The zero-order valence-corrected chi connectivity index (χ0v) is 15.8. The molecule has 6 nitrogen and oxygen atoms in total. The largest absolute Gasteiger partial charge is 0.378 e. The van der Waals surface area contributed by atoms with Gasteiger partial charge >= 0.3 is 6.03 Å². The van der Waals surface area contributed by atoms with Gasteiger partial charge in [0.15, 0.2) is 0 Å². The fraction of sp³-hybridized carbons (Fsp3) is 0.778. The Morgan fingerprint density at radius 1 is 1.38 bits per heavy atom. The second kappa shape index (κ2) is 8.01. The number of carbonyl (C=O) groups is 1. The molecule has 2 N–H and O–H groups in total. The Morgan fingerprint density at radius 3 is 2.67 bits per heavy atom. The summed E-state index contributed by atoms with van der Waals surface area (Å²) in [4.78, 5) is 12.2. The molecule has 3 atom stereocenters. The lowest BCUT2D eigenvalue weighted by Crippen LogP contribution is -2.44. The van der Waals surface area contributed by atoms with Crippen LogP contribution in [0.3, 0.4) is 0 Å². The van der Waals surface area contributed by atoms with Gasteiger partial charge in [0.25, 0.3) is 0 Å². The van der Waals surface area contributed by atoms with Crippen LogP contribution < -0.4 is 10.6 Å². The van der Waals surface area contributed by atoms with Gasteiger partial charge in [0.1, 0.15) is 0 Å². The number of carbonyl (C=O) groups excluding carboxylic acids is 1. The van der Waals surface area contributed by atoms with Gasteiger partial charge in [-0.15, -0.1) is 0 Å². The highest BCUT2D eigenvalue weighted by Crippen LogP contribution is 2.26. The van der Waals surface area contributed by atoms with Gasteiger partial charge in [-0.2, -0.15) is 5.10 Å². The lowest BCUT2D eigenvalue weighted by atomic mass is 9.93. The molecule has 0 aliphatic carbocycles. The monoisotopic (exact) mass is 336 g/mol. The summed E-state index contributed by atoms with van der Waals surface area (Å²) in [6.07, 6.45) is 2.07.